The molecule has 1 aliphatic heterocycles. The largest absolute Gasteiger partial charge is 0.480 e. The van der Waals surface area contributed by atoms with Crippen LogP contribution in [0.25, 0.3) is 11.4 Å². The van der Waals surface area contributed by atoms with Gasteiger partial charge >= 0.3 is 0 Å². The Bertz CT molecular complexity index is 1500. The van der Waals surface area contributed by atoms with E-state index in [4.69, 9.17) is 9.72 Å². The van der Waals surface area contributed by atoms with Gasteiger partial charge in [-0.15, -0.1) is 0 Å². The van der Waals surface area contributed by atoms with Crippen molar-refractivity contribution in [2.24, 2.45) is 5.41 Å². The van der Waals surface area contributed by atoms with Crippen LogP contribution in [0.15, 0.2) is 24.8 Å². The minimum Gasteiger partial charge on any atom is -0.480 e. The van der Waals surface area contributed by atoms with Gasteiger partial charge in [0, 0.05) is 37.9 Å². The minimum atomic E-state index is -0.394. The summed E-state index contributed by atoms with van der Waals surface area (Å²) in [5, 5.41) is 3.53. The van der Waals surface area contributed by atoms with Gasteiger partial charge in [0.2, 0.25) is 23.7 Å². The number of piperidine rings is 1. The molecule has 4 saturated carbocycles. The van der Waals surface area contributed by atoms with E-state index in [1.54, 1.807) is 20.4 Å². The second kappa shape index (κ2) is 11.1. The number of halogens is 1. The number of nitrogens with one attached hydrogen (secondary N) is 1. The second-order valence-corrected chi connectivity index (χ2v) is 13.0. The third-order valence-electron chi connectivity index (χ3n) is 10.6. The first-order valence-corrected chi connectivity index (χ1v) is 15.6. The fraction of sp³-hybridized carbons (Fsp3) is 0.594. The molecule has 10 nitrogen and oxygen atoms in total. The van der Waals surface area contributed by atoms with E-state index in [1.807, 2.05) is 11.0 Å². The lowest BCUT2D eigenvalue weighted by Gasteiger charge is -2.54. The van der Waals surface area contributed by atoms with Crippen molar-refractivity contribution in [1.82, 2.24) is 34.8 Å². The summed E-state index contributed by atoms with van der Waals surface area (Å²) in [6.45, 7) is 3.92. The maximum absolute atomic E-state index is 14.6. The van der Waals surface area contributed by atoms with Gasteiger partial charge in [-0.1, -0.05) is 6.07 Å². The molecule has 3 aromatic rings. The highest BCUT2D eigenvalue weighted by Gasteiger charge is 2.51. The molecule has 0 spiro atoms. The molecule has 3 aromatic heterocycles. The van der Waals surface area contributed by atoms with E-state index >= 15 is 0 Å². The summed E-state index contributed by atoms with van der Waals surface area (Å²) >= 11 is 0. The van der Waals surface area contributed by atoms with Crippen LogP contribution >= 0.6 is 0 Å². The summed E-state index contributed by atoms with van der Waals surface area (Å²) in [7, 11) is 1.60. The van der Waals surface area contributed by atoms with Crippen LogP contribution in [-0.4, -0.2) is 67.5 Å². The molecule has 1 saturated heterocycles. The highest BCUT2D eigenvalue weighted by Crippen LogP contribution is 2.58. The van der Waals surface area contributed by atoms with Crippen LogP contribution in [0.1, 0.15) is 99.9 Å². The number of hydrogen-bond donors (Lipinski definition) is 1. The van der Waals surface area contributed by atoms with Crippen LogP contribution in [0.2, 0.25) is 0 Å². The number of carbonyl (C=O) groups is 1. The van der Waals surface area contributed by atoms with E-state index in [0.717, 1.165) is 101 Å². The summed E-state index contributed by atoms with van der Waals surface area (Å²) in [5.74, 6) is 2.00. The molecule has 11 heteroatoms. The van der Waals surface area contributed by atoms with Crippen molar-refractivity contribution in [2.75, 3.05) is 32.1 Å². The third kappa shape index (κ3) is 5.31. The Hall–Kier alpha value is -3.76. The van der Waals surface area contributed by atoms with E-state index < -0.39 is 5.95 Å². The fourth-order valence-electron chi connectivity index (χ4n) is 7.77. The van der Waals surface area contributed by atoms with Crippen molar-refractivity contribution in [1.29, 1.82) is 0 Å². The number of likely N-dealkylation sites (tertiary alicyclic amines) is 1. The number of methoxy groups -OCH3 is 1. The molecule has 1 amide bonds. The van der Waals surface area contributed by atoms with Gasteiger partial charge in [0.05, 0.1) is 18.5 Å². The Kier molecular flexibility index (Phi) is 7.21. The van der Waals surface area contributed by atoms with Crippen molar-refractivity contribution >= 4 is 11.9 Å². The fourth-order valence-corrected chi connectivity index (χ4v) is 7.77. The van der Waals surface area contributed by atoms with Gasteiger partial charge in [-0.3, -0.25) is 4.79 Å². The van der Waals surface area contributed by atoms with Gasteiger partial charge in [0.15, 0.2) is 5.82 Å². The average Bonchev–Trinajstić information content (AvgIpc) is 3.90. The lowest BCUT2D eigenvalue weighted by molar-refractivity contribution is -0.129. The molecule has 0 radical (unpaired) electrons. The zero-order valence-electron chi connectivity index (χ0n) is 25.0. The highest BCUT2D eigenvalue weighted by molar-refractivity contribution is 5.73. The standard InChI is InChI=1S/C32H39FN8O2/c1-20(42)41-15-7-21(8-16-41)23-5-6-24(33)39-27(23)32-12-9-31(10-13-32,11-14-32)17-34-30-38-19-36-28(40-30)25-26(22-3-4-22)35-18-37-29(25)43-2/h5-6,18-19,21-22H,3-4,7-17H2,1-2H3,(H,34,36,38,40). The van der Waals surface area contributed by atoms with Crippen LogP contribution in [-0.2, 0) is 10.2 Å². The number of pyridine rings is 1. The first-order chi connectivity index (χ1) is 20.9. The second-order valence-electron chi connectivity index (χ2n) is 13.0. The number of amides is 1. The zero-order valence-corrected chi connectivity index (χ0v) is 25.0. The lowest BCUT2D eigenvalue weighted by Crippen LogP contribution is -2.48. The van der Waals surface area contributed by atoms with E-state index in [0.29, 0.717) is 29.5 Å². The summed E-state index contributed by atoms with van der Waals surface area (Å²) in [5.41, 5.74) is 3.92. The van der Waals surface area contributed by atoms with Crippen molar-refractivity contribution in [3.05, 3.63) is 47.7 Å². The topological polar surface area (TPSA) is 119 Å². The van der Waals surface area contributed by atoms with Gasteiger partial charge in [0.1, 0.15) is 18.2 Å². The number of hydrogen-bond acceptors (Lipinski definition) is 9. The Balaban J connectivity index is 1.06. The zero-order chi connectivity index (χ0) is 29.6. The monoisotopic (exact) mass is 586 g/mol. The molecular formula is C32H39FN8O2. The Morgan fingerprint density at radius 2 is 1.67 bits per heavy atom. The van der Waals surface area contributed by atoms with Crippen molar-refractivity contribution < 1.29 is 13.9 Å². The van der Waals surface area contributed by atoms with E-state index in [-0.39, 0.29) is 16.7 Å². The molecule has 0 aromatic carbocycles. The van der Waals surface area contributed by atoms with E-state index in [9.17, 15) is 9.18 Å². The first kappa shape index (κ1) is 28.0. The van der Waals surface area contributed by atoms with Gasteiger partial charge < -0.3 is 15.0 Å². The maximum atomic E-state index is 14.6. The quantitative estimate of drug-likeness (QED) is 0.356. The smallest absolute Gasteiger partial charge is 0.227 e. The predicted octanol–water partition coefficient (Wildman–Crippen LogP) is 5.18. The molecular weight excluding hydrogens is 547 g/mol. The van der Waals surface area contributed by atoms with Gasteiger partial charge in [-0.05, 0) is 87.2 Å². The van der Waals surface area contributed by atoms with Crippen molar-refractivity contribution in [3.63, 3.8) is 0 Å². The van der Waals surface area contributed by atoms with Crippen LogP contribution in [0.4, 0.5) is 10.3 Å². The molecule has 2 bridgehead atoms. The lowest BCUT2D eigenvalue weighted by atomic mass is 9.52. The van der Waals surface area contributed by atoms with Crippen molar-refractivity contribution in [2.45, 2.75) is 88.4 Å². The number of rotatable bonds is 8. The number of nitrogens with zero attached hydrogens (tertiary/aromatic N) is 7. The Morgan fingerprint density at radius 1 is 0.953 bits per heavy atom. The molecule has 5 aliphatic rings. The predicted molar refractivity (Wildman–Crippen MR) is 158 cm³/mol. The molecule has 5 fully saturated rings. The normalized spacial score (nSPS) is 25.5. The third-order valence-corrected chi connectivity index (χ3v) is 10.6. The summed E-state index contributed by atoms with van der Waals surface area (Å²) in [6, 6.07) is 3.48. The van der Waals surface area contributed by atoms with Gasteiger partial charge in [-0.25, -0.2) is 24.9 Å². The molecule has 4 heterocycles. The van der Waals surface area contributed by atoms with Crippen LogP contribution in [0.3, 0.4) is 0 Å². The first-order valence-electron chi connectivity index (χ1n) is 15.6. The molecule has 1 N–H and O–H groups in total. The Morgan fingerprint density at radius 3 is 2.35 bits per heavy atom. The molecule has 0 unspecified atom stereocenters. The molecule has 0 atom stereocenters. The summed E-state index contributed by atoms with van der Waals surface area (Å²) in [4.78, 5) is 40.9. The van der Waals surface area contributed by atoms with Crippen LogP contribution in [0.5, 0.6) is 5.88 Å². The number of fused-ring (bicyclic) bond motifs is 3. The van der Waals surface area contributed by atoms with Gasteiger partial charge in [-0.2, -0.15) is 9.37 Å². The molecule has 8 rings (SSSR count). The number of anilines is 1. The number of ether oxygens (including phenoxy) is 1. The average molecular weight is 587 g/mol. The van der Waals surface area contributed by atoms with E-state index in [2.05, 4.69) is 30.2 Å². The van der Waals surface area contributed by atoms with Crippen molar-refractivity contribution in [3.8, 4) is 17.3 Å². The highest BCUT2D eigenvalue weighted by atomic mass is 19.1. The summed E-state index contributed by atoms with van der Waals surface area (Å²) < 4.78 is 20.2. The SMILES string of the molecule is COc1ncnc(C2CC2)c1-c1ncnc(NCC23CCC(c4nc(F)ccc4C4CCN(C(C)=O)CC4)(CC2)CC3)n1. The minimum absolute atomic E-state index is 0.0830. The Labute approximate surface area is 251 Å². The molecule has 4 aliphatic carbocycles. The van der Waals surface area contributed by atoms with Gasteiger partial charge in [0.25, 0.3) is 0 Å². The maximum Gasteiger partial charge on any atom is 0.227 e. The summed E-state index contributed by atoms with van der Waals surface area (Å²) in [6.07, 6.45) is 13.2. The molecule has 43 heavy (non-hydrogen) atoms. The number of carbonyl (C=O) groups excluding carboxylic acids is 1. The molecule has 226 valence electrons. The number of aromatic nitrogens is 6. The van der Waals surface area contributed by atoms with Crippen LogP contribution < -0.4 is 10.1 Å². The van der Waals surface area contributed by atoms with Crippen LogP contribution in [0, 0.1) is 11.4 Å². The van der Waals surface area contributed by atoms with E-state index in [1.165, 1.54) is 18.0 Å².